The molecule has 0 N–H and O–H groups in total. The van der Waals surface area contributed by atoms with Crippen molar-refractivity contribution in [3.63, 3.8) is 0 Å². The Bertz CT molecular complexity index is 4560. The van der Waals surface area contributed by atoms with Gasteiger partial charge >= 0.3 is 0 Å². The van der Waals surface area contributed by atoms with E-state index in [1.54, 1.807) is 0 Å². The molecule has 15 rings (SSSR count). The van der Waals surface area contributed by atoms with E-state index in [0.29, 0.717) is 5.82 Å². The standard InChI is InChI=1S/C70H43Br2N5/c71-51-17-11-14-48(36-51)62-43-63(74-70(73-62)50-16-12-18-52(72)37-50)49-15-13-23-55(38-49)77-68-34-30-46(44-28-32-66-58(39-44)56-24-7-9-26-64(56)75(66)53-19-3-1-4-20-53)41-60(68)61-42-47(31-35-69(61)77)45-29-33-67-59(40-45)57-25-8-10-27-65(57)76(67)54-21-5-2-6-22-54/h1-43H. The van der Waals surface area contributed by atoms with E-state index >= 15 is 0 Å². The lowest BCUT2D eigenvalue weighted by Gasteiger charge is -2.13. The van der Waals surface area contributed by atoms with Crippen LogP contribution in [0.4, 0.5) is 0 Å². The number of halogens is 2. The number of fused-ring (bicyclic) bond motifs is 9. The van der Waals surface area contributed by atoms with Crippen LogP contribution in [0.25, 0.3) is 139 Å². The number of aromatic nitrogens is 5. The molecule has 0 atom stereocenters. The van der Waals surface area contributed by atoms with Crippen LogP contribution < -0.4 is 0 Å². The van der Waals surface area contributed by atoms with Crippen molar-refractivity contribution in [2.75, 3.05) is 0 Å². The first kappa shape index (κ1) is 45.3. The van der Waals surface area contributed by atoms with Crippen LogP contribution in [0.2, 0.25) is 0 Å². The fourth-order valence-electron chi connectivity index (χ4n) is 11.6. The fourth-order valence-corrected chi connectivity index (χ4v) is 12.4. The molecule has 15 aromatic rings. The van der Waals surface area contributed by atoms with Crippen LogP contribution in [0.5, 0.6) is 0 Å². The molecule has 0 fully saturated rings. The highest BCUT2D eigenvalue weighted by Gasteiger charge is 2.20. The van der Waals surface area contributed by atoms with E-state index < -0.39 is 0 Å². The maximum atomic E-state index is 5.26. The molecule has 0 saturated carbocycles. The van der Waals surface area contributed by atoms with E-state index in [1.165, 1.54) is 65.5 Å². The van der Waals surface area contributed by atoms with Crippen LogP contribution >= 0.6 is 31.9 Å². The van der Waals surface area contributed by atoms with Crippen molar-refractivity contribution in [1.82, 2.24) is 23.7 Å². The van der Waals surface area contributed by atoms with Crippen molar-refractivity contribution in [3.8, 4) is 73.2 Å². The molecule has 0 unspecified atom stereocenters. The first-order valence-corrected chi connectivity index (χ1v) is 27.3. The number of hydrogen-bond donors (Lipinski definition) is 0. The third-order valence-corrected chi connectivity index (χ3v) is 16.1. The normalized spacial score (nSPS) is 11.8. The summed E-state index contributed by atoms with van der Waals surface area (Å²) in [6, 6.07) is 94.1. The van der Waals surface area contributed by atoms with Gasteiger partial charge in [-0.3, -0.25) is 0 Å². The molecule has 5 nitrogen and oxygen atoms in total. The Morgan fingerprint density at radius 3 is 1.05 bits per heavy atom. The largest absolute Gasteiger partial charge is 0.309 e. The Labute approximate surface area is 460 Å². The second kappa shape index (κ2) is 18.3. The van der Waals surface area contributed by atoms with Crippen LogP contribution in [0.1, 0.15) is 0 Å². The van der Waals surface area contributed by atoms with Gasteiger partial charge in [0, 0.05) is 75.0 Å². The predicted octanol–water partition coefficient (Wildman–Crippen LogP) is 19.6. The Morgan fingerprint density at radius 2 is 0.584 bits per heavy atom. The van der Waals surface area contributed by atoms with Gasteiger partial charge in [0.2, 0.25) is 0 Å². The zero-order valence-electron chi connectivity index (χ0n) is 41.3. The van der Waals surface area contributed by atoms with Gasteiger partial charge in [0.25, 0.3) is 0 Å². The highest BCUT2D eigenvalue weighted by molar-refractivity contribution is 9.10. The fraction of sp³-hybridized carbons (Fsp3) is 0. The molecule has 0 saturated heterocycles. The Kier molecular flexibility index (Phi) is 10.8. The molecule has 7 heteroatoms. The smallest absolute Gasteiger partial charge is 0.160 e. The highest BCUT2D eigenvalue weighted by atomic mass is 79.9. The molecule has 0 spiro atoms. The lowest BCUT2D eigenvalue weighted by molar-refractivity contribution is 1.16. The summed E-state index contributed by atoms with van der Waals surface area (Å²) < 4.78 is 9.14. The minimum Gasteiger partial charge on any atom is -0.309 e. The average Bonchev–Trinajstić information content (AvgIpc) is 4.24. The van der Waals surface area contributed by atoms with Crippen LogP contribution in [0.15, 0.2) is 270 Å². The van der Waals surface area contributed by atoms with Crippen molar-refractivity contribution < 1.29 is 0 Å². The summed E-state index contributed by atoms with van der Waals surface area (Å²) in [6.07, 6.45) is 0. The summed E-state index contributed by atoms with van der Waals surface area (Å²) in [4.78, 5) is 10.4. The van der Waals surface area contributed by atoms with Gasteiger partial charge in [0.1, 0.15) is 0 Å². The van der Waals surface area contributed by atoms with E-state index in [0.717, 1.165) is 76.2 Å². The quantitative estimate of drug-likeness (QED) is 0.152. The Morgan fingerprint density at radius 1 is 0.234 bits per heavy atom. The second-order valence-corrected chi connectivity index (χ2v) is 21.5. The van der Waals surface area contributed by atoms with Gasteiger partial charge in [0.15, 0.2) is 5.82 Å². The maximum Gasteiger partial charge on any atom is 0.160 e. The van der Waals surface area contributed by atoms with Crippen molar-refractivity contribution >= 4 is 97.3 Å². The van der Waals surface area contributed by atoms with Crippen LogP contribution in [0.3, 0.4) is 0 Å². The molecule has 0 aliphatic rings. The Balaban J connectivity index is 0.922. The van der Waals surface area contributed by atoms with Crippen molar-refractivity contribution in [3.05, 3.63) is 270 Å². The van der Waals surface area contributed by atoms with Gasteiger partial charge in [-0.2, -0.15) is 0 Å². The molecule has 0 radical (unpaired) electrons. The lowest BCUT2D eigenvalue weighted by atomic mass is 9.98. The zero-order chi connectivity index (χ0) is 51.1. The second-order valence-electron chi connectivity index (χ2n) is 19.7. The van der Waals surface area contributed by atoms with Gasteiger partial charge < -0.3 is 13.7 Å². The van der Waals surface area contributed by atoms with Gasteiger partial charge in [-0.15, -0.1) is 0 Å². The van der Waals surface area contributed by atoms with Gasteiger partial charge in [-0.25, -0.2) is 9.97 Å². The molecule has 11 aromatic carbocycles. The van der Waals surface area contributed by atoms with E-state index in [1.807, 2.05) is 24.3 Å². The summed E-state index contributed by atoms with van der Waals surface area (Å²) >= 11 is 7.39. The van der Waals surface area contributed by atoms with Crippen molar-refractivity contribution in [2.45, 2.75) is 0 Å². The maximum absolute atomic E-state index is 5.26. The van der Waals surface area contributed by atoms with Crippen LogP contribution in [0, 0.1) is 0 Å². The highest BCUT2D eigenvalue weighted by Crippen LogP contribution is 2.42. The molecular weight excluding hydrogens is 1070 g/mol. The predicted molar refractivity (Wildman–Crippen MR) is 328 cm³/mol. The third kappa shape index (κ3) is 7.72. The zero-order valence-corrected chi connectivity index (χ0v) is 44.5. The molecule has 0 bridgehead atoms. The summed E-state index contributed by atoms with van der Waals surface area (Å²) in [5, 5.41) is 7.27. The minimum atomic E-state index is 0.659. The summed E-state index contributed by atoms with van der Waals surface area (Å²) in [5.74, 6) is 0.659. The first-order valence-electron chi connectivity index (χ1n) is 25.8. The van der Waals surface area contributed by atoms with E-state index in [2.05, 4.69) is 282 Å². The number of rotatable bonds is 8. The summed E-state index contributed by atoms with van der Waals surface area (Å²) in [6.45, 7) is 0. The average molecular weight is 1110 g/mol. The lowest BCUT2D eigenvalue weighted by Crippen LogP contribution is -1.98. The minimum absolute atomic E-state index is 0.659. The summed E-state index contributed by atoms with van der Waals surface area (Å²) in [7, 11) is 0. The number of nitrogens with zero attached hydrogens (tertiary/aromatic N) is 5. The molecular formula is C70H43Br2N5. The molecule has 4 aromatic heterocycles. The molecule has 0 aliphatic heterocycles. The van der Waals surface area contributed by atoms with Crippen molar-refractivity contribution in [2.24, 2.45) is 0 Å². The van der Waals surface area contributed by atoms with E-state index in [9.17, 15) is 0 Å². The third-order valence-electron chi connectivity index (χ3n) is 15.1. The number of benzene rings is 11. The SMILES string of the molecule is Brc1cccc(-c2cc(-c3cccc(-n4c5ccc(-c6ccc7c(c6)c6ccccc6n7-c6ccccc6)cc5c5cc(-c6ccc7c(c6)c6ccccc6n7-c6ccccc6)ccc54)c3)nc(-c3cccc(Br)c3)n2)c1. The molecule has 0 aliphatic carbocycles. The van der Waals surface area contributed by atoms with Gasteiger partial charge in [-0.05, 0) is 150 Å². The molecule has 4 heterocycles. The van der Waals surface area contributed by atoms with Crippen LogP contribution in [-0.2, 0) is 0 Å². The van der Waals surface area contributed by atoms with E-state index in [-0.39, 0.29) is 0 Å². The van der Waals surface area contributed by atoms with Gasteiger partial charge in [0.05, 0.1) is 44.5 Å². The van der Waals surface area contributed by atoms with E-state index in [4.69, 9.17) is 9.97 Å². The Hall–Kier alpha value is -9.14. The van der Waals surface area contributed by atoms with Gasteiger partial charge in [-0.1, -0.05) is 165 Å². The monoisotopic (exact) mass is 1110 g/mol. The first-order chi connectivity index (χ1) is 38.0. The number of para-hydroxylation sites is 4. The molecule has 362 valence electrons. The molecule has 0 amide bonds. The topological polar surface area (TPSA) is 40.6 Å². The van der Waals surface area contributed by atoms with Crippen LogP contribution in [-0.4, -0.2) is 23.7 Å². The van der Waals surface area contributed by atoms with Crippen molar-refractivity contribution in [1.29, 1.82) is 0 Å². The number of hydrogen-bond acceptors (Lipinski definition) is 2. The molecule has 77 heavy (non-hydrogen) atoms. The summed E-state index contributed by atoms with van der Waals surface area (Å²) in [5.41, 5.74) is 19.6.